The Morgan fingerprint density at radius 2 is 1.42 bits per heavy atom. The van der Waals surface area contributed by atoms with Crippen LogP contribution >= 0.6 is 0 Å². The van der Waals surface area contributed by atoms with Crippen LogP contribution in [0.3, 0.4) is 0 Å². The van der Waals surface area contributed by atoms with Gasteiger partial charge in [-0.3, -0.25) is 14.4 Å². The summed E-state index contributed by atoms with van der Waals surface area (Å²) in [6.45, 7) is 9.87. The molecule has 0 spiro atoms. The number of rotatable bonds is 18. The summed E-state index contributed by atoms with van der Waals surface area (Å²) in [6, 6.07) is 19.8. The second-order valence-electron chi connectivity index (χ2n) is 15.3. The van der Waals surface area contributed by atoms with Crippen molar-refractivity contribution >= 4 is 29.8 Å². The van der Waals surface area contributed by atoms with Crippen molar-refractivity contribution < 1.29 is 43.3 Å². The predicted molar refractivity (Wildman–Crippen MR) is 217 cm³/mol. The number of methoxy groups -OCH3 is 1. The minimum absolute atomic E-state index is 0.0851. The van der Waals surface area contributed by atoms with Crippen LogP contribution in [0.4, 0.5) is 4.79 Å². The second-order valence-corrected chi connectivity index (χ2v) is 15.3. The van der Waals surface area contributed by atoms with Crippen LogP contribution in [0.5, 0.6) is 5.75 Å². The fraction of sp³-hybridized carbons (Fsp3) is 0.477. The zero-order chi connectivity index (χ0) is 41.5. The molecule has 0 bridgehead atoms. The molecule has 4 amide bonds. The number of aliphatic hydroxyl groups excluding tert-OH is 1. The number of aliphatic hydroxyl groups is 1. The molecule has 3 aromatic carbocycles. The Morgan fingerprint density at radius 1 is 0.842 bits per heavy atom. The molecule has 13 heteroatoms. The molecular formula is C44H58N4O9. The van der Waals surface area contributed by atoms with Crippen molar-refractivity contribution in [3.05, 3.63) is 78.4 Å². The van der Waals surface area contributed by atoms with Crippen LogP contribution in [-0.4, -0.2) is 96.4 Å². The van der Waals surface area contributed by atoms with Gasteiger partial charge in [-0.25, -0.2) is 9.59 Å². The molecule has 308 valence electrons. The standard InChI is InChI=1S/C44H58N4O9/c1-7-8-9-28-56-35-24-22-33(23-25-35)31-16-14-30(15-17-31)32-18-20-34(21-19-32)39(50)46-36(12-10-26-45-43(54)57-44(3,4)5)40(51)47-38(29(2)49)41(52)48-27-11-13-37(48)42(53)55-6/h14-25,29,36-38,49H,7-13,26-28H2,1-6H3,(H,45,54)(H,46,50)(H,47,51)/t29-,36-,37+,38+/m1/s1. The summed E-state index contributed by atoms with van der Waals surface area (Å²) >= 11 is 0. The molecule has 1 saturated heterocycles. The van der Waals surface area contributed by atoms with Crippen molar-refractivity contribution in [2.24, 2.45) is 0 Å². The molecule has 1 aliphatic rings. The van der Waals surface area contributed by atoms with E-state index in [1.54, 1.807) is 32.9 Å². The van der Waals surface area contributed by atoms with E-state index in [0.717, 1.165) is 47.3 Å². The highest BCUT2D eigenvalue weighted by atomic mass is 16.6. The number of esters is 1. The number of hydrogen-bond donors (Lipinski definition) is 4. The van der Waals surface area contributed by atoms with Crippen molar-refractivity contribution in [1.29, 1.82) is 0 Å². The molecule has 0 aromatic heterocycles. The Hall–Kier alpha value is -5.43. The van der Waals surface area contributed by atoms with Crippen molar-refractivity contribution in [2.45, 2.75) is 109 Å². The number of carbonyl (C=O) groups excluding carboxylic acids is 5. The number of nitrogens with zero attached hydrogens (tertiary/aromatic N) is 1. The third-order valence-corrected chi connectivity index (χ3v) is 9.58. The molecule has 0 unspecified atom stereocenters. The number of amides is 4. The Labute approximate surface area is 335 Å². The topological polar surface area (TPSA) is 173 Å². The molecule has 4 rings (SSSR count). The average molecular weight is 787 g/mol. The summed E-state index contributed by atoms with van der Waals surface area (Å²) in [5.74, 6) is -1.59. The first-order valence-corrected chi connectivity index (χ1v) is 19.8. The van der Waals surface area contributed by atoms with E-state index >= 15 is 0 Å². The molecule has 57 heavy (non-hydrogen) atoms. The Bertz CT molecular complexity index is 1790. The highest BCUT2D eigenvalue weighted by molar-refractivity contribution is 5.99. The summed E-state index contributed by atoms with van der Waals surface area (Å²) in [5, 5.41) is 18.6. The zero-order valence-corrected chi connectivity index (χ0v) is 34.0. The zero-order valence-electron chi connectivity index (χ0n) is 34.0. The molecule has 0 radical (unpaired) electrons. The number of hydrogen-bond acceptors (Lipinski definition) is 9. The highest BCUT2D eigenvalue weighted by Gasteiger charge is 2.40. The van der Waals surface area contributed by atoms with Gasteiger partial charge in [0.15, 0.2) is 0 Å². The van der Waals surface area contributed by atoms with Gasteiger partial charge in [0.2, 0.25) is 11.8 Å². The first kappa shape index (κ1) is 44.3. The number of nitrogens with one attached hydrogen (secondary N) is 3. The predicted octanol–water partition coefficient (Wildman–Crippen LogP) is 6.02. The lowest BCUT2D eigenvalue weighted by Gasteiger charge is -2.30. The number of ether oxygens (including phenoxy) is 3. The van der Waals surface area contributed by atoms with Gasteiger partial charge in [-0.1, -0.05) is 68.3 Å². The van der Waals surface area contributed by atoms with Crippen LogP contribution < -0.4 is 20.7 Å². The Kier molecular flexibility index (Phi) is 16.5. The van der Waals surface area contributed by atoms with E-state index in [2.05, 4.69) is 22.9 Å². The molecule has 3 aromatic rings. The van der Waals surface area contributed by atoms with Crippen LogP contribution in [-0.2, 0) is 23.9 Å². The molecule has 1 aliphatic heterocycles. The number of alkyl carbamates (subject to hydrolysis) is 1. The van der Waals surface area contributed by atoms with E-state index in [-0.39, 0.29) is 25.9 Å². The van der Waals surface area contributed by atoms with Crippen molar-refractivity contribution in [3.63, 3.8) is 0 Å². The molecule has 0 aliphatic carbocycles. The quantitative estimate of drug-likeness (QED) is 0.0889. The molecule has 13 nitrogen and oxygen atoms in total. The van der Waals surface area contributed by atoms with Crippen LogP contribution in [0.25, 0.3) is 22.3 Å². The van der Waals surface area contributed by atoms with Gasteiger partial charge in [-0.05, 0) is 106 Å². The minimum Gasteiger partial charge on any atom is -0.494 e. The summed E-state index contributed by atoms with van der Waals surface area (Å²) in [6.07, 6.45) is 2.72. The van der Waals surface area contributed by atoms with Gasteiger partial charge in [0.25, 0.3) is 5.91 Å². The Morgan fingerprint density at radius 3 is 1.96 bits per heavy atom. The van der Waals surface area contributed by atoms with Crippen molar-refractivity contribution in [1.82, 2.24) is 20.9 Å². The van der Waals surface area contributed by atoms with E-state index in [1.165, 1.54) is 18.9 Å². The summed E-state index contributed by atoms with van der Waals surface area (Å²) in [5.41, 5.74) is 3.58. The molecular weight excluding hydrogens is 729 g/mol. The van der Waals surface area contributed by atoms with Crippen LogP contribution in [0.2, 0.25) is 0 Å². The number of carbonyl (C=O) groups is 5. The smallest absolute Gasteiger partial charge is 0.407 e. The second kappa shape index (κ2) is 21.2. The van der Waals surface area contributed by atoms with Crippen LogP contribution in [0, 0.1) is 0 Å². The van der Waals surface area contributed by atoms with Gasteiger partial charge in [0, 0.05) is 18.7 Å². The molecule has 1 heterocycles. The van der Waals surface area contributed by atoms with Gasteiger partial charge in [0.05, 0.1) is 19.8 Å². The summed E-state index contributed by atoms with van der Waals surface area (Å²) in [7, 11) is 1.24. The highest BCUT2D eigenvalue weighted by Crippen LogP contribution is 2.27. The van der Waals surface area contributed by atoms with E-state index < -0.39 is 59.6 Å². The molecule has 4 atom stereocenters. The third-order valence-electron chi connectivity index (χ3n) is 9.58. The van der Waals surface area contributed by atoms with E-state index in [1.807, 2.05) is 60.7 Å². The first-order chi connectivity index (χ1) is 27.2. The lowest BCUT2D eigenvalue weighted by Crippen LogP contribution is -2.59. The lowest BCUT2D eigenvalue weighted by molar-refractivity contribution is -0.153. The van der Waals surface area contributed by atoms with Gasteiger partial charge in [-0.2, -0.15) is 0 Å². The maximum absolute atomic E-state index is 13.8. The maximum Gasteiger partial charge on any atom is 0.407 e. The van der Waals surface area contributed by atoms with Gasteiger partial charge in [-0.15, -0.1) is 0 Å². The van der Waals surface area contributed by atoms with E-state index in [4.69, 9.17) is 14.2 Å². The van der Waals surface area contributed by atoms with Crippen LogP contribution in [0.15, 0.2) is 72.8 Å². The maximum atomic E-state index is 13.8. The normalized spacial score (nSPS) is 15.5. The SMILES string of the molecule is CCCCCOc1ccc(-c2ccc(-c3ccc(C(=O)N[C@H](CCCNC(=O)OC(C)(C)C)C(=O)N[C@H](C(=O)N4CCC[C@H]4C(=O)OC)[C@@H](C)O)cc3)cc2)cc1. The van der Waals surface area contributed by atoms with Gasteiger partial charge >= 0.3 is 12.1 Å². The third kappa shape index (κ3) is 13.3. The van der Waals surface area contributed by atoms with Gasteiger partial charge < -0.3 is 40.2 Å². The number of likely N-dealkylation sites (tertiary alicyclic amines) is 1. The number of benzene rings is 3. The largest absolute Gasteiger partial charge is 0.494 e. The minimum atomic E-state index is -1.39. The van der Waals surface area contributed by atoms with E-state index in [0.29, 0.717) is 25.0 Å². The van der Waals surface area contributed by atoms with Crippen LogP contribution in [0.1, 0.15) is 89.9 Å². The lowest BCUT2D eigenvalue weighted by atomic mass is 9.99. The average Bonchev–Trinajstić information content (AvgIpc) is 3.69. The molecule has 0 saturated carbocycles. The van der Waals surface area contributed by atoms with Gasteiger partial charge in [0.1, 0.15) is 29.5 Å². The Balaban J connectivity index is 1.43. The molecule has 1 fully saturated rings. The summed E-state index contributed by atoms with van der Waals surface area (Å²) in [4.78, 5) is 66.7. The molecule has 4 N–H and O–H groups in total. The fourth-order valence-electron chi connectivity index (χ4n) is 6.51. The number of unbranched alkanes of at least 4 members (excludes halogenated alkanes) is 2. The van der Waals surface area contributed by atoms with Crippen molar-refractivity contribution in [3.8, 4) is 28.0 Å². The van der Waals surface area contributed by atoms with E-state index in [9.17, 15) is 29.1 Å². The summed E-state index contributed by atoms with van der Waals surface area (Å²) < 4.78 is 16.0. The van der Waals surface area contributed by atoms with Crippen molar-refractivity contribution in [2.75, 3.05) is 26.8 Å². The fourth-order valence-corrected chi connectivity index (χ4v) is 6.51. The monoisotopic (exact) mass is 786 g/mol. The first-order valence-electron chi connectivity index (χ1n) is 19.8.